The molecule has 0 saturated heterocycles. The van der Waals surface area contributed by atoms with Crippen LogP contribution in [0.1, 0.15) is 43.5 Å². The number of nitrogens with two attached hydrogens (primary N) is 1. The first-order valence-electron chi connectivity index (χ1n) is 7.61. The summed E-state index contributed by atoms with van der Waals surface area (Å²) in [5, 5.41) is 0. The van der Waals surface area contributed by atoms with E-state index in [1.165, 1.54) is 0 Å². The maximum Gasteiger partial charge on any atom is 0.182 e. The Morgan fingerprint density at radius 1 is 1.20 bits per heavy atom. The Kier molecular flexibility index (Phi) is 5.38. The number of pyridine rings is 1. The topological polar surface area (TPSA) is 57.2 Å². The second-order valence-corrected chi connectivity index (χ2v) is 5.89. The fraction of sp³-hybridized carbons (Fsp3) is 0.688. The Morgan fingerprint density at radius 2 is 1.80 bits per heavy atom. The predicted octanol–water partition coefficient (Wildman–Crippen LogP) is 2.14. The van der Waals surface area contributed by atoms with E-state index in [4.69, 9.17) is 10.5 Å². The Hall–Kier alpha value is -1.13. The van der Waals surface area contributed by atoms with Gasteiger partial charge < -0.3 is 15.0 Å². The van der Waals surface area contributed by atoms with Gasteiger partial charge in [0.2, 0.25) is 0 Å². The third kappa shape index (κ3) is 4.18. The van der Waals surface area contributed by atoms with Crippen molar-refractivity contribution in [2.24, 2.45) is 5.73 Å². The molecule has 20 heavy (non-hydrogen) atoms. The average Bonchev–Trinajstić information content (AvgIpc) is 2.39. The van der Waals surface area contributed by atoms with Crippen molar-refractivity contribution in [3.63, 3.8) is 0 Å². The van der Waals surface area contributed by atoms with Crippen LogP contribution in [0.25, 0.3) is 0 Å². The van der Waals surface area contributed by atoms with Crippen LogP contribution in [0.5, 0.6) is 0 Å². The Labute approximate surface area is 120 Å². The summed E-state index contributed by atoms with van der Waals surface area (Å²) in [7, 11) is 0. The van der Waals surface area contributed by atoms with Gasteiger partial charge in [-0.25, -0.2) is 0 Å². The van der Waals surface area contributed by atoms with Gasteiger partial charge >= 0.3 is 0 Å². The van der Waals surface area contributed by atoms with Gasteiger partial charge in [0.15, 0.2) is 5.43 Å². The van der Waals surface area contributed by atoms with E-state index >= 15 is 0 Å². The molecule has 0 atom stereocenters. The Morgan fingerprint density at radius 3 is 2.40 bits per heavy atom. The first kappa shape index (κ1) is 15.3. The molecule has 2 N–H and O–H groups in total. The molecule has 0 spiro atoms. The molecule has 112 valence electrons. The van der Waals surface area contributed by atoms with Gasteiger partial charge in [0.25, 0.3) is 0 Å². The molecule has 4 heteroatoms. The summed E-state index contributed by atoms with van der Waals surface area (Å²) in [5.41, 5.74) is 8.03. The van der Waals surface area contributed by atoms with Crippen LogP contribution in [0, 0.1) is 13.8 Å². The largest absolute Gasteiger partial charge is 0.378 e. The zero-order valence-corrected chi connectivity index (χ0v) is 12.6. The van der Waals surface area contributed by atoms with Crippen molar-refractivity contribution in [2.75, 3.05) is 6.61 Å². The van der Waals surface area contributed by atoms with E-state index < -0.39 is 0 Å². The van der Waals surface area contributed by atoms with Crippen LogP contribution in [0.4, 0.5) is 0 Å². The van der Waals surface area contributed by atoms with Crippen LogP contribution in [0.3, 0.4) is 0 Å². The highest BCUT2D eigenvalue weighted by Gasteiger charge is 2.18. The van der Waals surface area contributed by atoms with Crippen molar-refractivity contribution in [1.29, 1.82) is 0 Å². The summed E-state index contributed by atoms with van der Waals surface area (Å²) < 4.78 is 8.11. The van der Waals surface area contributed by atoms with Crippen LogP contribution >= 0.6 is 0 Å². The van der Waals surface area contributed by atoms with E-state index in [9.17, 15) is 4.79 Å². The quantitative estimate of drug-likeness (QED) is 0.840. The zero-order chi connectivity index (χ0) is 14.5. The van der Waals surface area contributed by atoms with E-state index in [1.807, 2.05) is 13.8 Å². The second-order valence-electron chi connectivity index (χ2n) is 5.89. The number of ether oxygens (including phenoxy) is 1. The lowest BCUT2D eigenvalue weighted by atomic mass is 9.94. The summed E-state index contributed by atoms with van der Waals surface area (Å²) in [6, 6.07) is 3.76. The van der Waals surface area contributed by atoms with Crippen molar-refractivity contribution in [1.82, 2.24) is 4.57 Å². The van der Waals surface area contributed by atoms with Crippen LogP contribution in [-0.2, 0) is 11.3 Å². The van der Waals surface area contributed by atoms with Crippen LogP contribution < -0.4 is 11.2 Å². The number of aromatic nitrogens is 1. The predicted molar refractivity (Wildman–Crippen MR) is 81.0 cm³/mol. The van der Waals surface area contributed by atoms with Gasteiger partial charge in [-0.1, -0.05) is 0 Å². The first-order chi connectivity index (χ1) is 9.56. The minimum absolute atomic E-state index is 0.0889. The molecule has 0 aromatic carbocycles. The van der Waals surface area contributed by atoms with Crippen molar-refractivity contribution in [3.8, 4) is 0 Å². The van der Waals surface area contributed by atoms with Gasteiger partial charge in [-0.05, 0) is 46.0 Å². The highest BCUT2D eigenvalue weighted by Crippen LogP contribution is 2.19. The number of rotatable bonds is 5. The molecule has 1 aromatic heterocycles. The van der Waals surface area contributed by atoms with Crippen molar-refractivity contribution in [3.05, 3.63) is 33.7 Å². The minimum atomic E-state index is 0.0889. The van der Waals surface area contributed by atoms with Gasteiger partial charge in [0, 0.05) is 42.7 Å². The normalized spacial score (nSPS) is 22.9. The molecule has 0 aliphatic heterocycles. The SMILES string of the molecule is Cc1cc(=O)cc(C)n1CCCOC1CCC(N)CC1. The molecular formula is C16H26N2O2. The molecule has 1 fully saturated rings. The van der Waals surface area contributed by atoms with E-state index in [0.29, 0.717) is 12.1 Å². The maximum absolute atomic E-state index is 11.4. The molecule has 0 radical (unpaired) electrons. The number of hydrogen-bond acceptors (Lipinski definition) is 3. The number of nitrogens with zero attached hydrogens (tertiary/aromatic N) is 1. The first-order valence-corrected chi connectivity index (χ1v) is 7.61. The number of aryl methyl sites for hydroxylation is 2. The molecule has 1 heterocycles. The lowest BCUT2D eigenvalue weighted by Gasteiger charge is -2.26. The summed E-state index contributed by atoms with van der Waals surface area (Å²) in [6.07, 6.45) is 5.73. The molecule has 1 saturated carbocycles. The molecule has 4 nitrogen and oxygen atoms in total. The molecule has 1 aliphatic carbocycles. The standard InChI is InChI=1S/C16H26N2O2/c1-12-10-15(19)11-13(2)18(12)8-3-9-20-16-6-4-14(17)5-7-16/h10-11,14,16H,3-9,17H2,1-2H3. The fourth-order valence-electron chi connectivity index (χ4n) is 2.97. The number of hydrogen-bond donors (Lipinski definition) is 1. The average molecular weight is 278 g/mol. The monoisotopic (exact) mass is 278 g/mol. The summed E-state index contributed by atoms with van der Waals surface area (Å²) in [4.78, 5) is 11.4. The molecule has 2 rings (SSSR count). The van der Waals surface area contributed by atoms with Crippen molar-refractivity contribution >= 4 is 0 Å². The Balaban J connectivity index is 1.75. The lowest BCUT2D eigenvalue weighted by Crippen LogP contribution is -2.30. The zero-order valence-electron chi connectivity index (χ0n) is 12.6. The highest BCUT2D eigenvalue weighted by molar-refractivity contribution is 5.12. The van der Waals surface area contributed by atoms with E-state index in [-0.39, 0.29) is 5.43 Å². The third-order valence-corrected chi connectivity index (χ3v) is 4.15. The van der Waals surface area contributed by atoms with Gasteiger partial charge in [-0.3, -0.25) is 4.79 Å². The van der Waals surface area contributed by atoms with Crippen LogP contribution in [0.2, 0.25) is 0 Å². The molecular weight excluding hydrogens is 252 g/mol. The van der Waals surface area contributed by atoms with Crippen molar-refractivity contribution < 1.29 is 4.74 Å². The highest BCUT2D eigenvalue weighted by atomic mass is 16.5. The van der Waals surface area contributed by atoms with Crippen LogP contribution in [-0.4, -0.2) is 23.3 Å². The fourth-order valence-corrected chi connectivity index (χ4v) is 2.97. The molecule has 1 aromatic rings. The lowest BCUT2D eigenvalue weighted by molar-refractivity contribution is 0.0224. The van der Waals surface area contributed by atoms with Gasteiger partial charge in [0.1, 0.15) is 0 Å². The summed E-state index contributed by atoms with van der Waals surface area (Å²) in [5.74, 6) is 0. The summed E-state index contributed by atoms with van der Waals surface area (Å²) in [6.45, 7) is 5.66. The minimum Gasteiger partial charge on any atom is -0.378 e. The van der Waals surface area contributed by atoms with Gasteiger partial charge in [0.05, 0.1) is 6.10 Å². The maximum atomic E-state index is 11.4. The summed E-state index contributed by atoms with van der Waals surface area (Å²) >= 11 is 0. The Bertz CT molecular complexity index is 461. The van der Waals surface area contributed by atoms with E-state index in [0.717, 1.165) is 56.6 Å². The molecule has 0 unspecified atom stereocenters. The van der Waals surface area contributed by atoms with Crippen LogP contribution in [0.15, 0.2) is 16.9 Å². The smallest absolute Gasteiger partial charge is 0.182 e. The van der Waals surface area contributed by atoms with E-state index in [2.05, 4.69) is 4.57 Å². The molecule has 0 bridgehead atoms. The molecule has 1 aliphatic rings. The second kappa shape index (κ2) is 7.04. The third-order valence-electron chi connectivity index (χ3n) is 4.15. The molecule has 0 amide bonds. The van der Waals surface area contributed by atoms with Gasteiger partial charge in [-0.15, -0.1) is 0 Å². The van der Waals surface area contributed by atoms with Crippen molar-refractivity contribution in [2.45, 2.75) is 64.6 Å². The van der Waals surface area contributed by atoms with E-state index in [1.54, 1.807) is 12.1 Å². The van der Waals surface area contributed by atoms with Gasteiger partial charge in [-0.2, -0.15) is 0 Å².